The Kier molecular flexibility index (Phi) is 5.88. The number of aliphatic hydroxyl groups excluding tert-OH is 2. The molecule has 0 aliphatic heterocycles. The van der Waals surface area contributed by atoms with Crippen LogP contribution in [0.2, 0.25) is 0 Å². The molecule has 88 valence electrons. The van der Waals surface area contributed by atoms with Crippen LogP contribution in [-0.2, 0) is 19.1 Å². The number of carbonyl (C=O) groups is 2. The van der Waals surface area contributed by atoms with Gasteiger partial charge < -0.3 is 19.7 Å². The maximum atomic E-state index is 10.9. The largest absolute Gasteiger partial charge is 0.460 e. The van der Waals surface area contributed by atoms with E-state index in [1.165, 1.54) is 20.8 Å². The van der Waals surface area contributed by atoms with Crippen LogP contribution in [0.3, 0.4) is 0 Å². The van der Waals surface area contributed by atoms with Gasteiger partial charge in [-0.2, -0.15) is 0 Å². The van der Waals surface area contributed by atoms with Gasteiger partial charge in [-0.3, -0.25) is 0 Å². The predicted octanol–water partition coefficient (Wildman–Crippen LogP) is -0.777. The standard InChI is InChI=1S/C9H16O6/c1-5(15-9(13)7(3)11)4-14-8(12)6(2)10/h5-7,10-11H,4H2,1-3H3/t5?,6-,7+/m1/s1. The van der Waals surface area contributed by atoms with Crippen LogP contribution in [0.5, 0.6) is 0 Å². The van der Waals surface area contributed by atoms with Crippen LogP contribution in [0.15, 0.2) is 0 Å². The Balaban J connectivity index is 3.80. The van der Waals surface area contributed by atoms with Crippen LogP contribution in [0.4, 0.5) is 0 Å². The molecule has 0 aromatic heterocycles. The molecule has 0 heterocycles. The Hall–Kier alpha value is -1.14. The summed E-state index contributed by atoms with van der Waals surface area (Å²) in [6.45, 7) is 3.91. The summed E-state index contributed by atoms with van der Waals surface area (Å²) in [5.41, 5.74) is 0. The highest BCUT2D eigenvalue weighted by Crippen LogP contribution is 1.97. The third kappa shape index (κ3) is 6.03. The smallest absolute Gasteiger partial charge is 0.335 e. The molecule has 2 N–H and O–H groups in total. The zero-order chi connectivity index (χ0) is 12.0. The van der Waals surface area contributed by atoms with E-state index in [4.69, 9.17) is 14.9 Å². The zero-order valence-corrected chi connectivity index (χ0v) is 8.97. The van der Waals surface area contributed by atoms with Gasteiger partial charge in [-0.25, -0.2) is 9.59 Å². The molecule has 15 heavy (non-hydrogen) atoms. The highest BCUT2D eigenvalue weighted by molar-refractivity contribution is 5.74. The molecule has 6 heteroatoms. The van der Waals surface area contributed by atoms with Crippen molar-refractivity contribution in [2.75, 3.05) is 6.61 Å². The molecule has 0 aromatic rings. The van der Waals surface area contributed by atoms with Crippen LogP contribution < -0.4 is 0 Å². The summed E-state index contributed by atoms with van der Waals surface area (Å²) in [7, 11) is 0. The van der Waals surface area contributed by atoms with Crippen LogP contribution in [0.1, 0.15) is 20.8 Å². The first-order chi connectivity index (χ1) is 6.84. The van der Waals surface area contributed by atoms with E-state index in [9.17, 15) is 9.59 Å². The molecule has 0 aromatic carbocycles. The fraction of sp³-hybridized carbons (Fsp3) is 0.778. The van der Waals surface area contributed by atoms with E-state index >= 15 is 0 Å². The molecule has 3 atom stereocenters. The summed E-state index contributed by atoms with van der Waals surface area (Å²) in [4.78, 5) is 21.7. The van der Waals surface area contributed by atoms with E-state index in [0.717, 1.165) is 0 Å². The van der Waals surface area contributed by atoms with Crippen molar-refractivity contribution in [1.82, 2.24) is 0 Å². The molecule has 0 rings (SSSR count). The fourth-order valence-electron chi connectivity index (χ4n) is 0.651. The van der Waals surface area contributed by atoms with Crippen molar-refractivity contribution in [3.8, 4) is 0 Å². The van der Waals surface area contributed by atoms with E-state index < -0.39 is 30.3 Å². The minimum Gasteiger partial charge on any atom is -0.460 e. The van der Waals surface area contributed by atoms with E-state index in [0.29, 0.717) is 0 Å². The average molecular weight is 220 g/mol. The summed E-state index contributed by atoms with van der Waals surface area (Å²) in [6.07, 6.45) is -3.07. The van der Waals surface area contributed by atoms with Crippen molar-refractivity contribution in [3.05, 3.63) is 0 Å². The van der Waals surface area contributed by atoms with Crippen LogP contribution in [0.25, 0.3) is 0 Å². The average Bonchev–Trinajstić information content (AvgIpc) is 2.13. The van der Waals surface area contributed by atoms with Crippen molar-refractivity contribution < 1.29 is 29.3 Å². The first-order valence-corrected chi connectivity index (χ1v) is 4.57. The number of esters is 2. The minimum atomic E-state index is -1.21. The predicted molar refractivity (Wildman–Crippen MR) is 49.9 cm³/mol. The van der Waals surface area contributed by atoms with Gasteiger partial charge in [0, 0.05) is 0 Å². The fourth-order valence-corrected chi connectivity index (χ4v) is 0.651. The number of hydrogen-bond acceptors (Lipinski definition) is 6. The Morgan fingerprint density at radius 1 is 1.07 bits per heavy atom. The molecule has 0 fully saturated rings. The molecular weight excluding hydrogens is 204 g/mol. The second kappa shape index (κ2) is 6.36. The van der Waals surface area contributed by atoms with Gasteiger partial charge in [0.15, 0.2) is 0 Å². The zero-order valence-electron chi connectivity index (χ0n) is 8.97. The minimum absolute atomic E-state index is 0.151. The van der Waals surface area contributed by atoms with Gasteiger partial charge in [0.05, 0.1) is 0 Å². The van der Waals surface area contributed by atoms with E-state index in [1.807, 2.05) is 0 Å². The summed E-state index contributed by atoms with van der Waals surface area (Å²) < 4.78 is 9.29. The molecular formula is C9H16O6. The third-order valence-electron chi connectivity index (χ3n) is 1.46. The van der Waals surface area contributed by atoms with Crippen molar-refractivity contribution in [2.45, 2.75) is 39.1 Å². The van der Waals surface area contributed by atoms with Crippen molar-refractivity contribution in [1.29, 1.82) is 0 Å². The van der Waals surface area contributed by atoms with Gasteiger partial charge in [-0.15, -0.1) is 0 Å². The van der Waals surface area contributed by atoms with Gasteiger partial charge >= 0.3 is 11.9 Å². The first kappa shape index (κ1) is 13.9. The highest BCUT2D eigenvalue weighted by Gasteiger charge is 2.17. The molecule has 0 radical (unpaired) electrons. The van der Waals surface area contributed by atoms with E-state index in [1.54, 1.807) is 0 Å². The molecule has 1 unspecified atom stereocenters. The number of hydrogen-bond donors (Lipinski definition) is 2. The molecule has 0 aliphatic rings. The lowest BCUT2D eigenvalue weighted by Gasteiger charge is -2.15. The van der Waals surface area contributed by atoms with Crippen LogP contribution in [-0.4, -0.2) is 47.1 Å². The van der Waals surface area contributed by atoms with Gasteiger partial charge in [0.1, 0.15) is 24.9 Å². The molecule has 0 bridgehead atoms. The van der Waals surface area contributed by atoms with Crippen molar-refractivity contribution in [3.63, 3.8) is 0 Å². The summed E-state index contributed by atoms with van der Waals surface area (Å²) in [5, 5.41) is 17.6. The summed E-state index contributed by atoms with van der Waals surface area (Å²) in [5.74, 6) is -1.56. The Bertz CT molecular complexity index is 223. The molecule has 0 amide bonds. The maximum Gasteiger partial charge on any atom is 0.335 e. The Labute approximate surface area is 87.8 Å². The van der Waals surface area contributed by atoms with Crippen LogP contribution >= 0.6 is 0 Å². The van der Waals surface area contributed by atoms with Gasteiger partial charge in [-0.1, -0.05) is 0 Å². The first-order valence-electron chi connectivity index (χ1n) is 4.57. The monoisotopic (exact) mass is 220 g/mol. The summed E-state index contributed by atoms with van der Waals surface area (Å²) in [6, 6.07) is 0. The summed E-state index contributed by atoms with van der Waals surface area (Å²) >= 11 is 0. The molecule has 0 saturated carbocycles. The lowest BCUT2D eigenvalue weighted by atomic mass is 10.4. The van der Waals surface area contributed by atoms with E-state index in [-0.39, 0.29) is 6.61 Å². The normalized spacial score (nSPS) is 16.3. The second-order valence-electron chi connectivity index (χ2n) is 3.23. The number of ether oxygens (including phenoxy) is 2. The van der Waals surface area contributed by atoms with Gasteiger partial charge in [0.25, 0.3) is 0 Å². The third-order valence-corrected chi connectivity index (χ3v) is 1.46. The topological polar surface area (TPSA) is 93.1 Å². The number of carbonyl (C=O) groups excluding carboxylic acids is 2. The lowest BCUT2D eigenvalue weighted by Crippen LogP contribution is -2.29. The maximum absolute atomic E-state index is 10.9. The van der Waals surface area contributed by atoms with Gasteiger partial charge in [0.2, 0.25) is 0 Å². The van der Waals surface area contributed by atoms with E-state index in [2.05, 4.69) is 4.74 Å². The molecule has 0 saturated heterocycles. The SMILES string of the molecule is CC(COC(=O)[C@@H](C)O)OC(=O)[C@H](C)O. The molecule has 0 aliphatic carbocycles. The molecule has 6 nitrogen and oxygen atoms in total. The Morgan fingerprint density at radius 2 is 1.53 bits per heavy atom. The lowest BCUT2D eigenvalue weighted by molar-refractivity contribution is -0.167. The van der Waals surface area contributed by atoms with Crippen molar-refractivity contribution in [2.24, 2.45) is 0 Å². The van der Waals surface area contributed by atoms with Crippen LogP contribution in [0, 0.1) is 0 Å². The number of aliphatic hydroxyl groups is 2. The quantitative estimate of drug-likeness (QED) is 0.590. The Morgan fingerprint density at radius 3 is 1.93 bits per heavy atom. The molecule has 0 spiro atoms. The van der Waals surface area contributed by atoms with Gasteiger partial charge in [-0.05, 0) is 20.8 Å². The number of rotatable bonds is 5. The highest BCUT2D eigenvalue weighted by atomic mass is 16.6. The van der Waals surface area contributed by atoms with Crippen molar-refractivity contribution >= 4 is 11.9 Å². The second-order valence-corrected chi connectivity index (χ2v) is 3.23.